The molecule has 4 nitrogen and oxygen atoms in total. The number of carbonyl (C=O) groups is 1. The molecule has 1 aliphatic heterocycles. The third-order valence-corrected chi connectivity index (χ3v) is 5.88. The molecule has 0 N–H and O–H groups in total. The van der Waals surface area contributed by atoms with Crippen LogP contribution in [0.3, 0.4) is 0 Å². The SMILES string of the molecule is CN1C(=O)/C(=C/c2cc(Br)ccc2OCc2ccc(Cl)c(Cl)c2)N(C)C1=S. The molecular weight excluding hydrogens is 471 g/mol. The Bertz CT molecular complexity index is 965. The summed E-state index contributed by atoms with van der Waals surface area (Å²) in [5.41, 5.74) is 2.14. The molecule has 0 aliphatic carbocycles. The second kappa shape index (κ2) is 8.19. The van der Waals surface area contributed by atoms with Gasteiger partial charge in [0, 0.05) is 24.1 Å². The number of hydrogen-bond donors (Lipinski definition) is 0. The van der Waals surface area contributed by atoms with Gasteiger partial charge in [0.25, 0.3) is 5.91 Å². The molecule has 0 radical (unpaired) electrons. The van der Waals surface area contributed by atoms with Gasteiger partial charge in [-0.1, -0.05) is 45.2 Å². The van der Waals surface area contributed by atoms with E-state index in [2.05, 4.69) is 15.9 Å². The van der Waals surface area contributed by atoms with Gasteiger partial charge in [0.05, 0.1) is 10.0 Å². The number of ether oxygens (including phenoxy) is 1. The van der Waals surface area contributed by atoms with Crippen LogP contribution in [0.5, 0.6) is 5.75 Å². The molecule has 0 saturated carbocycles. The van der Waals surface area contributed by atoms with Gasteiger partial charge in [-0.05, 0) is 54.2 Å². The van der Waals surface area contributed by atoms with Gasteiger partial charge in [-0.2, -0.15) is 0 Å². The lowest BCUT2D eigenvalue weighted by Gasteiger charge is -2.13. The first kappa shape index (κ1) is 20.1. The minimum absolute atomic E-state index is 0.155. The van der Waals surface area contributed by atoms with E-state index >= 15 is 0 Å². The molecule has 1 aliphatic rings. The number of benzene rings is 2. The molecule has 0 unspecified atom stereocenters. The highest BCUT2D eigenvalue weighted by atomic mass is 79.9. The predicted octanol–water partition coefficient (Wildman–Crippen LogP) is 5.36. The van der Waals surface area contributed by atoms with Crippen LogP contribution in [0.1, 0.15) is 11.1 Å². The van der Waals surface area contributed by atoms with E-state index < -0.39 is 0 Å². The Morgan fingerprint density at radius 2 is 1.85 bits per heavy atom. The molecule has 0 spiro atoms. The van der Waals surface area contributed by atoms with E-state index in [1.54, 1.807) is 37.2 Å². The maximum atomic E-state index is 12.4. The number of hydrogen-bond acceptors (Lipinski definition) is 3. The summed E-state index contributed by atoms with van der Waals surface area (Å²) in [6.07, 6.45) is 1.77. The first-order valence-corrected chi connectivity index (χ1v) is 9.87. The highest BCUT2D eigenvalue weighted by molar-refractivity contribution is 9.10. The molecule has 1 amide bonds. The Morgan fingerprint density at radius 3 is 2.48 bits per heavy atom. The molecule has 8 heteroatoms. The number of carbonyl (C=O) groups excluding carboxylic acids is 1. The average Bonchev–Trinajstić information content (AvgIpc) is 2.82. The molecule has 0 bridgehead atoms. The van der Waals surface area contributed by atoms with Crippen LogP contribution in [0, 0.1) is 0 Å². The van der Waals surface area contributed by atoms with E-state index in [1.807, 2.05) is 24.3 Å². The minimum Gasteiger partial charge on any atom is -0.488 e. The third kappa shape index (κ3) is 4.29. The van der Waals surface area contributed by atoms with Gasteiger partial charge in [-0.3, -0.25) is 9.69 Å². The Kier molecular flexibility index (Phi) is 6.11. The summed E-state index contributed by atoms with van der Waals surface area (Å²) in [5.74, 6) is 0.483. The summed E-state index contributed by atoms with van der Waals surface area (Å²) >= 11 is 20.7. The largest absolute Gasteiger partial charge is 0.488 e. The van der Waals surface area contributed by atoms with Crippen LogP contribution in [0.2, 0.25) is 10.0 Å². The second-order valence-corrected chi connectivity index (χ2v) is 8.05. The molecule has 3 rings (SSSR count). The van der Waals surface area contributed by atoms with E-state index in [1.165, 1.54) is 4.90 Å². The second-order valence-electron chi connectivity index (χ2n) is 5.95. The van der Waals surface area contributed by atoms with Crippen molar-refractivity contribution in [1.82, 2.24) is 9.80 Å². The zero-order valence-corrected chi connectivity index (χ0v) is 18.4. The summed E-state index contributed by atoms with van der Waals surface area (Å²) in [6, 6.07) is 11.0. The van der Waals surface area contributed by atoms with Crippen LogP contribution in [-0.4, -0.2) is 34.9 Å². The van der Waals surface area contributed by atoms with E-state index in [-0.39, 0.29) is 5.91 Å². The smallest absolute Gasteiger partial charge is 0.276 e. The van der Waals surface area contributed by atoms with Crippen LogP contribution in [0.4, 0.5) is 0 Å². The Hall–Kier alpha value is -1.60. The van der Waals surface area contributed by atoms with Crippen molar-refractivity contribution in [2.45, 2.75) is 6.61 Å². The standard InChI is InChI=1S/C19H15BrCl2N2O2S/c1-23-16(18(25)24(2)19(23)27)9-12-8-13(20)4-6-17(12)26-10-11-3-5-14(21)15(22)7-11/h3-9H,10H2,1-2H3/b16-9-. The number of amides is 1. The van der Waals surface area contributed by atoms with Crippen LogP contribution in [0.15, 0.2) is 46.6 Å². The molecule has 27 heavy (non-hydrogen) atoms. The summed E-state index contributed by atoms with van der Waals surface area (Å²) in [7, 11) is 3.42. The van der Waals surface area contributed by atoms with Crippen LogP contribution >= 0.6 is 51.3 Å². The molecule has 140 valence electrons. The van der Waals surface area contributed by atoms with Crippen molar-refractivity contribution in [3.05, 3.63) is 67.7 Å². The van der Waals surface area contributed by atoms with Gasteiger partial charge >= 0.3 is 0 Å². The van der Waals surface area contributed by atoms with Crippen LogP contribution in [0.25, 0.3) is 6.08 Å². The fraction of sp³-hybridized carbons (Fsp3) is 0.158. The van der Waals surface area contributed by atoms with E-state index in [0.717, 1.165) is 15.6 Å². The maximum Gasteiger partial charge on any atom is 0.276 e. The number of thiocarbonyl (C=S) groups is 1. The van der Waals surface area contributed by atoms with Crippen molar-refractivity contribution in [3.63, 3.8) is 0 Å². The summed E-state index contributed by atoms with van der Waals surface area (Å²) < 4.78 is 6.84. The van der Waals surface area contributed by atoms with Gasteiger partial charge in [-0.15, -0.1) is 0 Å². The Morgan fingerprint density at radius 1 is 1.11 bits per heavy atom. The monoisotopic (exact) mass is 484 g/mol. The minimum atomic E-state index is -0.155. The quantitative estimate of drug-likeness (QED) is 0.430. The van der Waals surface area contributed by atoms with Crippen LogP contribution in [-0.2, 0) is 11.4 Å². The van der Waals surface area contributed by atoms with E-state index in [0.29, 0.717) is 33.2 Å². The van der Waals surface area contributed by atoms with Crippen molar-refractivity contribution < 1.29 is 9.53 Å². The van der Waals surface area contributed by atoms with E-state index in [4.69, 9.17) is 40.2 Å². The first-order valence-electron chi connectivity index (χ1n) is 7.91. The van der Waals surface area contributed by atoms with Crippen molar-refractivity contribution in [3.8, 4) is 5.75 Å². The normalized spacial score (nSPS) is 15.8. The van der Waals surface area contributed by atoms with Crippen molar-refractivity contribution in [1.29, 1.82) is 0 Å². The number of halogens is 3. The lowest BCUT2D eigenvalue weighted by Crippen LogP contribution is -2.26. The molecular formula is C19H15BrCl2N2O2S. The Balaban J connectivity index is 1.89. The molecule has 1 heterocycles. The average molecular weight is 486 g/mol. The zero-order valence-electron chi connectivity index (χ0n) is 14.5. The van der Waals surface area contributed by atoms with E-state index in [9.17, 15) is 4.79 Å². The summed E-state index contributed by atoms with van der Waals surface area (Å²) in [5, 5.41) is 1.43. The first-order chi connectivity index (χ1) is 12.8. The molecule has 2 aromatic carbocycles. The van der Waals surface area contributed by atoms with Crippen molar-refractivity contribution >= 4 is 68.4 Å². The number of nitrogens with zero attached hydrogens (tertiary/aromatic N) is 2. The molecule has 0 aromatic heterocycles. The lowest BCUT2D eigenvalue weighted by atomic mass is 10.1. The molecule has 0 atom stereocenters. The van der Waals surface area contributed by atoms with Crippen molar-refractivity contribution in [2.24, 2.45) is 0 Å². The predicted molar refractivity (Wildman–Crippen MR) is 116 cm³/mol. The third-order valence-electron chi connectivity index (χ3n) is 4.10. The lowest BCUT2D eigenvalue weighted by molar-refractivity contribution is -0.121. The summed E-state index contributed by atoms with van der Waals surface area (Å²) in [4.78, 5) is 15.5. The highest BCUT2D eigenvalue weighted by Crippen LogP contribution is 2.30. The van der Waals surface area contributed by atoms with Gasteiger partial charge in [-0.25, -0.2) is 0 Å². The Labute approximate surface area is 181 Å². The molecule has 2 aromatic rings. The fourth-order valence-electron chi connectivity index (χ4n) is 2.59. The van der Waals surface area contributed by atoms with Gasteiger partial charge < -0.3 is 9.64 Å². The van der Waals surface area contributed by atoms with Crippen LogP contribution < -0.4 is 4.74 Å². The van der Waals surface area contributed by atoms with Crippen molar-refractivity contribution in [2.75, 3.05) is 14.1 Å². The highest BCUT2D eigenvalue weighted by Gasteiger charge is 2.32. The molecule has 1 saturated heterocycles. The maximum absolute atomic E-state index is 12.4. The van der Waals surface area contributed by atoms with Gasteiger partial charge in [0.1, 0.15) is 18.1 Å². The van der Waals surface area contributed by atoms with Gasteiger partial charge in [0.2, 0.25) is 0 Å². The molecule has 1 fully saturated rings. The summed E-state index contributed by atoms with van der Waals surface area (Å²) in [6.45, 7) is 0.316. The fourth-order valence-corrected chi connectivity index (χ4v) is 3.47. The van der Waals surface area contributed by atoms with Gasteiger partial charge in [0.15, 0.2) is 5.11 Å². The number of rotatable bonds is 4. The zero-order chi connectivity index (χ0) is 19.7. The number of likely N-dealkylation sites (N-methyl/N-ethyl adjacent to an activating group) is 2. The topological polar surface area (TPSA) is 32.8 Å².